The molecule has 0 saturated carbocycles. The van der Waals surface area contributed by atoms with Crippen molar-refractivity contribution in [3.63, 3.8) is 0 Å². The summed E-state index contributed by atoms with van der Waals surface area (Å²) < 4.78 is 11.7. The smallest absolute Gasteiger partial charge is 0.131 e. The molecule has 4 aliphatic rings. The molecule has 3 aliphatic heterocycles. The van der Waals surface area contributed by atoms with Gasteiger partial charge >= 0.3 is 0 Å². The van der Waals surface area contributed by atoms with E-state index in [-0.39, 0.29) is 18.1 Å². The highest BCUT2D eigenvalue weighted by atomic mass is 32.2. The molecule has 0 radical (unpaired) electrons. The average Bonchev–Trinajstić information content (AvgIpc) is 4.04. The number of amidine groups is 1. The molecule has 5 nitrogen and oxygen atoms in total. The van der Waals surface area contributed by atoms with Gasteiger partial charge in [-0.25, -0.2) is 4.99 Å². The van der Waals surface area contributed by atoms with Gasteiger partial charge in [-0.15, -0.1) is 0 Å². The molecule has 9 aromatic rings. The van der Waals surface area contributed by atoms with Gasteiger partial charge in [0.15, 0.2) is 0 Å². The van der Waals surface area contributed by atoms with Crippen LogP contribution in [-0.4, -0.2) is 21.1 Å². The van der Waals surface area contributed by atoms with E-state index in [1.165, 1.54) is 64.5 Å². The van der Waals surface area contributed by atoms with Crippen LogP contribution in [0.3, 0.4) is 0 Å². The Morgan fingerprint density at radius 3 is 2.00 bits per heavy atom. The number of hydrogen-bond acceptors (Lipinski definition) is 4. The third-order valence-corrected chi connectivity index (χ3v) is 13.6. The summed E-state index contributed by atoms with van der Waals surface area (Å²) in [6.45, 7) is 0. The van der Waals surface area contributed by atoms with Gasteiger partial charge in [0.05, 0.1) is 39.7 Å². The Kier molecular flexibility index (Phi) is 6.77. The van der Waals surface area contributed by atoms with E-state index in [2.05, 4.69) is 196 Å². The van der Waals surface area contributed by atoms with E-state index < -0.39 is 0 Å². The van der Waals surface area contributed by atoms with Gasteiger partial charge < -0.3 is 19.2 Å². The van der Waals surface area contributed by atoms with Crippen LogP contribution < -0.4 is 10.1 Å². The molecule has 7 aromatic carbocycles. The SMILES string of the molecule is C1=CC2Oc3cc(-n4c5ccccc5c5c6c7ccccc7n(-c7ccccc7)c6ccc54)ccc3C2C(C2=NC(c3ccccc3)=C3Sc4ccccc4C3N2)=C1. The second-order valence-electron chi connectivity index (χ2n) is 15.4. The molecule has 3 atom stereocenters. The summed E-state index contributed by atoms with van der Waals surface area (Å²) in [5, 5.41) is 8.92. The van der Waals surface area contributed by atoms with E-state index in [0.717, 1.165) is 39.8 Å². The van der Waals surface area contributed by atoms with Gasteiger partial charge in [0, 0.05) is 65.5 Å². The summed E-state index contributed by atoms with van der Waals surface area (Å²) in [4.78, 5) is 7.96. The van der Waals surface area contributed by atoms with Crippen LogP contribution in [0.4, 0.5) is 0 Å². The fourth-order valence-electron chi connectivity index (χ4n) is 9.90. The Morgan fingerprint density at radius 2 is 1.24 bits per heavy atom. The van der Waals surface area contributed by atoms with Crippen LogP contribution in [0.2, 0.25) is 0 Å². The highest BCUT2D eigenvalue weighted by Crippen LogP contribution is 2.54. The summed E-state index contributed by atoms with van der Waals surface area (Å²) in [6, 6.07) is 59.1. The number of hydrogen-bond donors (Lipinski definition) is 1. The highest BCUT2D eigenvalue weighted by molar-refractivity contribution is 8.03. The largest absolute Gasteiger partial charge is 0.485 e. The Hall–Kier alpha value is -7.02. The first-order chi connectivity index (χ1) is 28.8. The second-order valence-corrected chi connectivity index (χ2v) is 16.5. The quantitative estimate of drug-likeness (QED) is 0.194. The van der Waals surface area contributed by atoms with Crippen LogP contribution in [0.15, 0.2) is 202 Å². The van der Waals surface area contributed by atoms with Crippen LogP contribution in [-0.2, 0) is 0 Å². The van der Waals surface area contributed by atoms with E-state index in [9.17, 15) is 0 Å². The number of nitrogens with zero attached hydrogens (tertiary/aromatic N) is 3. The molecule has 1 N–H and O–H groups in total. The second kappa shape index (κ2) is 12.2. The first-order valence-electron chi connectivity index (χ1n) is 19.9. The number of ether oxygens (including phenoxy) is 1. The number of aromatic nitrogens is 2. The number of para-hydroxylation sites is 3. The Bertz CT molecular complexity index is 3330. The van der Waals surface area contributed by atoms with Crippen LogP contribution in [0, 0.1) is 0 Å². The number of rotatable bonds is 4. The van der Waals surface area contributed by atoms with Crippen LogP contribution >= 0.6 is 11.8 Å². The van der Waals surface area contributed by atoms with Gasteiger partial charge in [0.25, 0.3) is 0 Å². The van der Waals surface area contributed by atoms with Crippen molar-refractivity contribution in [2.24, 2.45) is 4.99 Å². The molecule has 0 spiro atoms. The van der Waals surface area contributed by atoms with Crippen molar-refractivity contribution in [2.75, 3.05) is 0 Å². The molecule has 6 heteroatoms. The fraction of sp³-hybridized carbons (Fsp3) is 0.0577. The number of thioether (sulfide) groups is 1. The first kappa shape index (κ1) is 32.1. The lowest BCUT2D eigenvalue weighted by atomic mass is 9.83. The van der Waals surface area contributed by atoms with E-state index in [4.69, 9.17) is 9.73 Å². The molecule has 0 bridgehead atoms. The Morgan fingerprint density at radius 1 is 0.586 bits per heavy atom. The lowest BCUT2D eigenvalue weighted by molar-refractivity contribution is 0.266. The minimum atomic E-state index is -0.132. The van der Waals surface area contributed by atoms with Crippen molar-refractivity contribution in [3.8, 4) is 17.1 Å². The lowest BCUT2D eigenvalue weighted by Gasteiger charge is -2.30. The molecular formula is C52H34N4OS. The third kappa shape index (κ3) is 4.52. The van der Waals surface area contributed by atoms with E-state index in [1.807, 2.05) is 11.8 Å². The predicted molar refractivity (Wildman–Crippen MR) is 238 cm³/mol. The van der Waals surface area contributed by atoms with Gasteiger partial charge in [0.2, 0.25) is 0 Å². The number of fused-ring (bicyclic) bond motifs is 13. The van der Waals surface area contributed by atoms with E-state index >= 15 is 0 Å². The minimum Gasteiger partial charge on any atom is -0.485 e. The van der Waals surface area contributed by atoms with Gasteiger partial charge in [-0.05, 0) is 60.2 Å². The minimum absolute atomic E-state index is 0.00469. The molecule has 3 unspecified atom stereocenters. The van der Waals surface area contributed by atoms with E-state index in [1.54, 1.807) is 0 Å². The monoisotopic (exact) mass is 762 g/mol. The Labute approximate surface area is 338 Å². The van der Waals surface area contributed by atoms with Gasteiger partial charge in [-0.1, -0.05) is 133 Å². The molecule has 274 valence electrons. The van der Waals surface area contributed by atoms with Crippen LogP contribution in [0.5, 0.6) is 5.75 Å². The number of allylic oxidation sites excluding steroid dienone is 2. The molecule has 0 amide bonds. The van der Waals surface area contributed by atoms with Crippen molar-refractivity contribution in [1.82, 2.24) is 14.5 Å². The summed E-state index contributed by atoms with van der Waals surface area (Å²) >= 11 is 1.83. The number of nitrogens with one attached hydrogen (secondary N) is 1. The number of benzene rings is 7. The maximum atomic E-state index is 6.89. The predicted octanol–water partition coefficient (Wildman–Crippen LogP) is 12.4. The van der Waals surface area contributed by atoms with Crippen LogP contribution in [0.25, 0.3) is 60.7 Å². The summed E-state index contributed by atoms with van der Waals surface area (Å²) in [7, 11) is 0. The zero-order chi connectivity index (χ0) is 37.9. The van der Waals surface area contributed by atoms with Crippen molar-refractivity contribution >= 4 is 66.9 Å². The van der Waals surface area contributed by atoms with Crippen molar-refractivity contribution in [3.05, 3.63) is 209 Å². The van der Waals surface area contributed by atoms with Crippen molar-refractivity contribution in [2.45, 2.75) is 23.0 Å². The number of aliphatic imine (C=N–C) groups is 1. The summed E-state index contributed by atoms with van der Waals surface area (Å²) in [6.07, 6.45) is 6.42. The van der Waals surface area contributed by atoms with E-state index in [0.29, 0.717) is 0 Å². The van der Waals surface area contributed by atoms with Crippen LogP contribution in [0.1, 0.15) is 28.7 Å². The summed E-state index contributed by atoms with van der Waals surface area (Å²) in [5.41, 5.74) is 12.8. The maximum Gasteiger partial charge on any atom is 0.131 e. The molecule has 13 rings (SSSR count). The Balaban J connectivity index is 0.951. The third-order valence-electron chi connectivity index (χ3n) is 12.4. The van der Waals surface area contributed by atoms with Crippen molar-refractivity contribution in [1.29, 1.82) is 0 Å². The standard InChI is InChI=1S/C52H34N4OS/c1-3-14-31(15-4-1)49-51-50(37-20-9-12-25-45(37)58-51)54-52(53-49)38-21-13-24-43-46(38)36-27-26-33(30-44(36)57-43)56-40-23-11-8-19-35(40)48-42(56)29-28-41-47(48)34-18-7-10-22-39(34)55(41)32-16-5-2-6-17-32/h1-30,43,46,50H,(H,53,54). The molecule has 5 heterocycles. The molecule has 2 aromatic heterocycles. The molecule has 58 heavy (non-hydrogen) atoms. The molecule has 0 saturated heterocycles. The first-order valence-corrected chi connectivity index (χ1v) is 20.7. The molecule has 1 aliphatic carbocycles. The normalized spacial score (nSPS) is 19.1. The van der Waals surface area contributed by atoms with Crippen molar-refractivity contribution < 1.29 is 4.74 Å². The average molecular weight is 763 g/mol. The molecular weight excluding hydrogens is 729 g/mol. The lowest BCUT2D eigenvalue weighted by Crippen LogP contribution is -2.36. The van der Waals surface area contributed by atoms with Gasteiger partial charge in [-0.3, -0.25) is 0 Å². The maximum absolute atomic E-state index is 6.89. The topological polar surface area (TPSA) is 43.5 Å². The molecule has 0 fully saturated rings. The zero-order valence-corrected chi connectivity index (χ0v) is 32.0. The zero-order valence-electron chi connectivity index (χ0n) is 31.2. The fourth-order valence-corrected chi connectivity index (χ4v) is 11.2. The summed E-state index contributed by atoms with van der Waals surface area (Å²) in [5.74, 6) is 1.83. The highest BCUT2D eigenvalue weighted by Gasteiger charge is 2.42. The van der Waals surface area contributed by atoms with Gasteiger partial charge in [0.1, 0.15) is 17.7 Å². The van der Waals surface area contributed by atoms with Gasteiger partial charge in [-0.2, -0.15) is 0 Å².